The number of rotatable bonds is 1. The fraction of sp³-hybridized carbons (Fsp3) is 0.950. The van der Waals surface area contributed by atoms with Gasteiger partial charge in [0.15, 0.2) is 0 Å². The highest BCUT2D eigenvalue weighted by Gasteiger charge is 2.66. The Bertz CT molecular complexity index is 498. The van der Waals surface area contributed by atoms with Gasteiger partial charge >= 0.3 is 0 Å². The molecular weight excluding hydrogens is 272 g/mol. The Morgan fingerprint density at radius 3 is 2.50 bits per heavy atom. The van der Waals surface area contributed by atoms with Crippen molar-refractivity contribution in [3.63, 3.8) is 0 Å². The van der Waals surface area contributed by atoms with E-state index in [9.17, 15) is 9.90 Å². The van der Waals surface area contributed by atoms with E-state index in [0.29, 0.717) is 22.7 Å². The van der Waals surface area contributed by atoms with Gasteiger partial charge in [0.2, 0.25) is 0 Å². The topological polar surface area (TPSA) is 37.3 Å². The summed E-state index contributed by atoms with van der Waals surface area (Å²) in [5.74, 6) is 1.80. The molecule has 1 spiro atoms. The fourth-order valence-corrected chi connectivity index (χ4v) is 7.99. The van der Waals surface area contributed by atoms with Gasteiger partial charge in [0, 0.05) is 5.41 Å². The summed E-state index contributed by atoms with van der Waals surface area (Å²) in [5.41, 5.74) is 0.142. The number of fused-ring (bicyclic) bond motifs is 3. The second kappa shape index (κ2) is 4.37. The van der Waals surface area contributed by atoms with Crippen molar-refractivity contribution < 1.29 is 9.90 Å². The van der Waals surface area contributed by atoms with Crippen LogP contribution in [-0.4, -0.2) is 17.0 Å². The molecule has 4 aliphatic carbocycles. The summed E-state index contributed by atoms with van der Waals surface area (Å²) in [4.78, 5) is 11.9. The molecule has 22 heavy (non-hydrogen) atoms. The van der Waals surface area contributed by atoms with E-state index in [2.05, 4.69) is 20.8 Å². The van der Waals surface area contributed by atoms with Crippen LogP contribution in [0.4, 0.5) is 0 Å². The fourth-order valence-electron chi connectivity index (χ4n) is 7.99. The first-order valence-electron chi connectivity index (χ1n) is 9.45. The van der Waals surface area contributed by atoms with Crippen LogP contribution in [0.1, 0.15) is 78.6 Å². The summed E-state index contributed by atoms with van der Waals surface area (Å²) in [6, 6.07) is 0. The highest BCUT2D eigenvalue weighted by Crippen LogP contribution is 2.72. The monoisotopic (exact) mass is 304 g/mol. The molecule has 4 aliphatic rings. The van der Waals surface area contributed by atoms with Gasteiger partial charge < -0.3 is 9.90 Å². The molecule has 0 unspecified atom stereocenters. The molecule has 0 aliphatic heterocycles. The Kier molecular flexibility index (Phi) is 3.02. The van der Waals surface area contributed by atoms with E-state index in [1.165, 1.54) is 51.2 Å². The van der Waals surface area contributed by atoms with Crippen LogP contribution in [0.15, 0.2) is 0 Å². The minimum absolute atomic E-state index is 0.105. The largest absolute Gasteiger partial charge is 0.390 e. The zero-order valence-corrected chi connectivity index (χ0v) is 14.5. The lowest BCUT2D eigenvalue weighted by molar-refractivity contribution is -0.157. The van der Waals surface area contributed by atoms with Crippen molar-refractivity contribution in [3.05, 3.63) is 0 Å². The van der Waals surface area contributed by atoms with Crippen LogP contribution in [0.2, 0.25) is 0 Å². The van der Waals surface area contributed by atoms with Gasteiger partial charge in [-0.2, -0.15) is 0 Å². The van der Waals surface area contributed by atoms with Crippen LogP contribution >= 0.6 is 0 Å². The molecule has 4 saturated carbocycles. The maximum atomic E-state index is 11.9. The molecule has 0 aromatic heterocycles. The maximum Gasteiger partial charge on any atom is 0.126 e. The van der Waals surface area contributed by atoms with Crippen LogP contribution in [-0.2, 0) is 4.79 Å². The van der Waals surface area contributed by atoms with Crippen LogP contribution in [0.5, 0.6) is 0 Å². The van der Waals surface area contributed by atoms with Gasteiger partial charge in [-0.15, -0.1) is 0 Å². The standard InChI is InChI=1S/C20H32O2/c1-17(13-21)8-4-9-18(2)15(17)7-10-20-11-14(5-6-16(18)20)19(3,22)12-20/h13-16,22H,4-12H2,1-3H3/t14-,15-,16+,17-,18-,19-,20+/m1/s1. The minimum Gasteiger partial charge on any atom is -0.390 e. The third-order valence-electron chi connectivity index (χ3n) is 8.80. The molecule has 4 rings (SSSR count). The predicted octanol–water partition coefficient (Wildman–Crippen LogP) is 4.35. The van der Waals surface area contributed by atoms with Crippen molar-refractivity contribution in [1.29, 1.82) is 0 Å². The Morgan fingerprint density at radius 1 is 1.00 bits per heavy atom. The van der Waals surface area contributed by atoms with Crippen LogP contribution < -0.4 is 0 Å². The molecule has 124 valence electrons. The minimum atomic E-state index is -0.444. The third kappa shape index (κ3) is 1.74. The summed E-state index contributed by atoms with van der Waals surface area (Å²) in [6.45, 7) is 6.80. The molecule has 0 radical (unpaired) electrons. The molecule has 2 nitrogen and oxygen atoms in total. The molecular formula is C20H32O2. The Balaban J connectivity index is 1.74. The van der Waals surface area contributed by atoms with E-state index in [-0.39, 0.29) is 5.41 Å². The Morgan fingerprint density at radius 2 is 1.77 bits per heavy atom. The normalized spacial score (nSPS) is 60.5. The van der Waals surface area contributed by atoms with Crippen molar-refractivity contribution in [3.8, 4) is 0 Å². The van der Waals surface area contributed by atoms with Gasteiger partial charge in [-0.05, 0) is 86.9 Å². The molecule has 1 N–H and O–H groups in total. The number of aliphatic hydroxyl groups is 1. The quantitative estimate of drug-likeness (QED) is 0.731. The summed E-state index contributed by atoms with van der Waals surface area (Å²) < 4.78 is 0. The lowest BCUT2D eigenvalue weighted by atomic mass is 9.41. The molecule has 0 aromatic carbocycles. The molecule has 4 fully saturated rings. The van der Waals surface area contributed by atoms with Crippen molar-refractivity contribution in [2.45, 2.75) is 84.2 Å². The van der Waals surface area contributed by atoms with Gasteiger partial charge in [0.25, 0.3) is 0 Å². The molecule has 0 amide bonds. The lowest BCUT2D eigenvalue weighted by Crippen LogP contribution is -2.56. The Hall–Kier alpha value is -0.370. The van der Waals surface area contributed by atoms with E-state index >= 15 is 0 Å². The number of aldehydes is 1. The highest BCUT2D eigenvalue weighted by atomic mass is 16.3. The predicted molar refractivity (Wildman–Crippen MR) is 87.4 cm³/mol. The second-order valence-corrected chi connectivity index (χ2v) is 10.0. The summed E-state index contributed by atoms with van der Waals surface area (Å²) in [5, 5.41) is 10.9. The summed E-state index contributed by atoms with van der Waals surface area (Å²) in [6.07, 6.45) is 12.0. The molecule has 2 bridgehead atoms. The SMILES string of the molecule is C[C@@]12CCC[C@](C)(C=O)[C@H]1CC[C@@]13C[C@@H](CC[C@H]12)[C@](C)(O)C3. The van der Waals surface area contributed by atoms with Crippen molar-refractivity contribution in [2.24, 2.45) is 34.0 Å². The van der Waals surface area contributed by atoms with Crippen LogP contribution in [0.25, 0.3) is 0 Å². The number of carbonyl (C=O) groups excluding carboxylic acids is 1. The zero-order chi connectivity index (χ0) is 15.8. The average Bonchev–Trinajstić information content (AvgIpc) is 2.63. The van der Waals surface area contributed by atoms with Gasteiger partial charge in [0.05, 0.1) is 5.60 Å². The third-order valence-corrected chi connectivity index (χ3v) is 8.80. The number of carbonyl (C=O) groups is 1. The van der Waals surface area contributed by atoms with Gasteiger partial charge in [-0.3, -0.25) is 0 Å². The van der Waals surface area contributed by atoms with Crippen molar-refractivity contribution in [2.75, 3.05) is 0 Å². The first-order chi connectivity index (χ1) is 10.3. The van der Waals surface area contributed by atoms with Crippen LogP contribution in [0, 0.1) is 34.0 Å². The Labute approximate surface area is 135 Å². The summed E-state index contributed by atoms with van der Waals surface area (Å²) in [7, 11) is 0. The highest BCUT2D eigenvalue weighted by molar-refractivity contribution is 5.60. The summed E-state index contributed by atoms with van der Waals surface area (Å²) >= 11 is 0. The van der Waals surface area contributed by atoms with Gasteiger partial charge in [0.1, 0.15) is 6.29 Å². The molecule has 0 saturated heterocycles. The molecule has 0 heterocycles. The number of hydrogen-bond donors (Lipinski definition) is 1. The molecule has 7 atom stereocenters. The van der Waals surface area contributed by atoms with Gasteiger partial charge in [-0.1, -0.05) is 20.3 Å². The van der Waals surface area contributed by atoms with E-state index in [4.69, 9.17) is 0 Å². The average molecular weight is 304 g/mol. The second-order valence-electron chi connectivity index (χ2n) is 10.0. The van der Waals surface area contributed by atoms with Crippen molar-refractivity contribution >= 4 is 6.29 Å². The maximum absolute atomic E-state index is 11.9. The van der Waals surface area contributed by atoms with Gasteiger partial charge in [-0.25, -0.2) is 0 Å². The first kappa shape index (κ1) is 15.2. The molecule has 0 aromatic rings. The van der Waals surface area contributed by atoms with E-state index < -0.39 is 5.60 Å². The number of hydrogen-bond acceptors (Lipinski definition) is 2. The van der Waals surface area contributed by atoms with Crippen molar-refractivity contribution in [1.82, 2.24) is 0 Å². The lowest BCUT2D eigenvalue weighted by Gasteiger charge is -2.63. The van der Waals surface area contributed by atoms with E-state index in [1.54, 1.807) is 0 Å². The zero-order valence-electron chi connectivity index (χ0n) is 14.5. The first-order valence-corrected chi connectivity index (χ1v) is 9.45. The van der Waals surface area contributed by atoms with E-state index in [0.717, 1.165) is 18.8 Å². The van der Waals surface area contributed by atoms with Crippen LogP contribution in [0.3, 0.4) is 0 Å². The molecule has 2 heteroatoms. The smallest absolute Gasteiger partial charge is 0.126 e. The van der Waals surface area contributed by atoms with E-state index in [1.807, 2.05) is 0 Å².